The van der Waals surface area contributed by atoms with E-state index in [1.54, 1.807) is 48.7 Å². The zero-order chi connectivity index (χ0) is 23.6. The van der Waals surface area contributed by atoms with Crippen LogP contribution in [0.1, 0.15) is 22.5 Å². The van der Waals surface area contributed by atoms with Gasteiger partial charge in [0.2, 0.25) is 0 Å². The van der Waals surface area contributed by atoms with E-state index in [4.69, 9.17) is 23.2 Å². The highest BCUT2D eigenvalue weighted by Crippen LogP contribution is 2.35. The molecule has 0 atom stereocenters. The van der Waals surface area contributed by atoms with Crippen molar-refractivity contribution >= 4 is 40.9 Å². The average molecular weight is 478 g/mol. The summed E-state index contributed by atoms with van der Waals surface area (Å²) in [5.74, 6) is -0.628. The number of nitrogens with zero attached hydrogens (tertiary/aromatic N) is 2. The van der Waals surface area contributed by atoms with E-state index in [-0.39, 0.29) is 16.3 Å². The maximum Gasteiger partial charge on any atom is 0.416 e. The van der Waals surface area contributed by atoms with Crippen LogP contribution < -0.4 is 5.32 Å². The molecule has 0 bridgehead atoms. The fraction of sp³-hybridized carbons (Fsp3) is 0.130. The second-order valence-corrected chi connectivity index (χ2v) is 7.80. The van der Waals surface area contributed by atoms with Gasteiger partial charge >= 0.3 is 6.18 Å². The largest absolute Gasteiger partial charge is 0.416 e. The van der Waals surface area contributed by atoms with Crippen LogP contribution in [0.3, 0.4) is 0 Å². The Morgan fingerprint density at radius 3 is 2.34 bits per heavy atom. The number of benzene rings is 2. The minimum atomic E-state index is -4.52. The van der Waals surface area contributed by atoms with E-state index >= 15 is 0 Å². The van der Waals surface area contributed by atoms with Gasteiger partial charge in [-0.15, -0.1) is 0 Å². The van der Waals surface area contributed by atoms with Crippen LogP contribution in [0.4, 0.5) is 18.9 Å². The van der Waals surface area contributed by atoms with Gasteiger partial charge in [-0.05, 0) is 74.0 Å². The number of aryl methyl sites for hydroxylation is 1. The Morgan fingerprint density at radius 1 is 1.09 bits per heavy atom. The van der Waals surface area contributed by atoms with Gasteiger partial charge in [0, 0.05) is 22.1 Å². The Bertz CT molecular complexity index is 1250. The second-order valence-electron chi connectivity index (χ2n) is 6.96. The van der Waals surface area contributed by atoms with E-state index in [0.717, 1.165) is 12.1 Å². The molecule has 2 aromatic carbocycles. The number of rotatable bonds is 4. The molecule has 0 saturated carbocycles. The highest BCUT2D eigenvalue weighted by atomic mass is 35.5. The van der Waals surface area contributed by atoms with Crippen LogP contribution in [0.5, 0.6) is 0 Å². The first kappa shape index (κ1) is 23.5. The molecule has 0 aliphatic carbocycles. The Labute approximate surface area is 192 Å². The number of nitrogens with one attached hydrogen (secondary N) is 1. The van der Waals surface area contributed by atoms with Crippen LogP contribution in [0, 0.1) is 25.2 Å². The van der Waals surface area contributed by atoms with E-state index in [1.165, 1.54) is 12.1 Å². The standard InChI is InChI=1S/C23H16Cl2F3N3O/c1-13-9-15(10-16(12-29)22(32)30-19-6-4-18(24)5-7-19)14(2)31(13)21-11-17(23(26,27)28)3-8-20(21)25/h3-11H,1-2H3,(H,30,32)/b16-10-. The maximum atomic E-state index is 13.2. The summed E-state index contributed by atoms with van der Waals surface area (Å²) in [5, 5.41) is 12.7. The Morgan fingerprint density at radius 2 is 1.75 bits per heavy atom. The molecule has 32 heavy (non-hydrogen) atoms. The molecule has 1 N–H and O–H groups in total. The van der Waals surface area contributed by atoms with E-state index in [0.29, 0.717) is 27.7 Å². The van der Waals surface area contributed by atoms with Crippen LogP contribution in [-0.4, -0.2) is 10.5 Å². The zero-order valence-corrected chi connectivity index (χ0v) is 18.4. The predicted octanol–water partition coefficient (Wildman–Crippen LogP) is 6.97. The van der Waals surface area contributed by atoms with Gasteiger partial charge in [0.15, 0.2) is 0 Å². The van der Waals surface area contributed by atoms with Crippen LogP contribution in [0.15, 0.2) is 54.1 Å². The quantitative estimate of drug-likeness (QED) is 0.325. The molecule has 9 heteroatoms. The first-order chi connectivity index (χ1) is 15.0. The minimum absolute atomic E-state index is 0.135. The number of hydrogen-bond donors (Lipinski definition) is 1. The molecule has 3 aromatic rings. The van der Waals surface area contributed by atoms with E-state index < -0.39 is 17.6 Å². The first-order valence-electron chi connectivity index (χ1n) is 9.26. The lowest BCUT2D eigenvalue weighted by Crippen LogP contribution is -2.13. The van der Waals surface area contributed by atoms with Crippen LogP contribution in [-0.2, 0) is 11.0 Å². The normalized spacial score (nSPS) is 11.9. The van der Waals surface area contributed by atoms with Crippen molar-refractivity contribution in [2.75, 3.05) is 5.32 Å². The number of carbonyl (C=O) groups excluding carboxylic acids is 1. The number of nitriles is 1. The topological polar surface area (TPSA) is 57.8 Å². The molecule has 0 fully saturated rings. The van der Waals surface area contributed by atoms with Crippen molar-refractivity contribution in [3.05, 3.63) is 86.7 Å². The number of halogens is 5. The van der Waals surface area contributed by atoms with Crippen molar-refractivity contribution in [3.8, 4) is 11.8 Å². The monoisotopic (exact) mass is 477 g/mol. The number of hydrogen-bond acceptors (Lipinski definition) is 2. The Hall–Kier alpha value is -3.21. The Balaban J connectivity index is 2.00. The van der Waals surface area contributed by atoms with Crippen molar-refractivity contribution in [1.82, 2.24) is 4.57 Å². The van der Waals surface area contributed by atoms with Crippen molar-refractivity contribution in [1.29, 1.82) is 5.26 Å². The smallest absolute Gasteiger partial charge is 0.321 e. The fourth-order valence-corrected chi connectivity index (χ4v) is 3.53. The highest BCUT2D eigenvalue weighted by molar-refractivity contribution is 6.32. The molecule has 3 rings (SSSR count). The lowest BCUT2D eigenvalue weighted by atomic mass is 10.1. The zero-order valence-electron chi connectivity index (χ0n) is 16.9. The summed E-state index contributed by atoms with van der Waals surface area (Å²) in [6.45, 7) is 3.36. The maximum absolute atomic E-state index is 13.2. The number of amides is 1. The van der Waals surface area contributed by atoms with Crippen molar-refractivity contribution in [3.63, 3.8) is 0 Å². The third-order valence-corrected chi connectivity index (χ3v) is 5.32. The molecule has 0 radical (unpaired) electrons. The van der Waals surface area contributed by atoms with Gasteiger partial charge in [0.05, 0.1) is 16.3 Å². The number of aromatic nitrogens is 1. The van der Waals surface area contributed by atoms with E-state index in [1.807, 2.05) is 6.07 Å². The van der Waals surface area contributed by atoms with Gasteiger partial charge in [0.25, 0.3) is 5.91 Å². The lowest BCUT2D eigenvalue weighted by molar-refractivity contribution is -0.137. The second kappa shape index (κ2) is 9.11. The summed E-state index contributed by atoms with van der Waals surface area (Å²) in [7, 11) is 0. The summed E-state index contributed by atoms with van der Waals surface area (Å²) in [4.78, 5) is 12.5. The minimum Gasteiger partial charge on any atom is -0.321 e. The molecular weight excluding hydrogens is 462 g/mol. The van der Waals surface area contributed by atoms with Gasteiger partial charge in [-0.3, -0.25) is 4.79 Å². The summed E-state index contributed by atoms with van der Waals surface area (Å²) in [6.07, 6.45) is -3.14. The molecule has 1 amide bonds. The predicted molar refractivity (Wildman–Crippen MR) is 119 cm³/mol. The molecule has 0 aliphatic heterocycles. The number of alkyl halides is 3. The molecule has 4 nitrogen and oxygen atoms in total. The third kappa shape index (κ3) is 4.98. The van der Waals surface area contributed by atoms with E-state index in [9.17, 15) is 23.2 Å². The molecule has 0 spiro atoms. The van der Waals surface area contributed by atoms with Crippen molar-refractivity contribution < 1.29 is 18.0 Å². The van der Waals surface area contributed by atoms with Crippen LogP contribution in [0.2, 0.25) is 10.0 Å². The average Bonchev–Trinajstić information content (AvgIpc) is 3.00. The van der Waals surface area contributed by atoms with Gasteiger partial charge < -0.3 is 9.88 Å². The third-order valence-electron chi connectivity index (χ3n) is 4.75. The number of carbonyl (C=O) groups is 1. The van der Waals surface area contributed by atoms with Gasteiger partial charge in [0.1, 0.15) is 11.6 Å². The summed E-state index contributed by atoms with van der Waals surface area (Å²) < 4.78 is 41.1. The SMILES string of the molecule is Cc1cc(/C=C(/C#N)C(=O)Nc2ccc(Cl)cc2)c(C)n1-c1cc(C(F)(F)F)ccc1Cl. The highest BCUT2D eigenvalue weighted by Gasteiger charge is 2.31. The lowest BCUT2D eigenvalue weighted by Gasteiger charge is -2.15. The van der Waals surface area contributed by atoms with Gasteiger partial charge in [-0.25, -0.2) is 0 Å². The van der Waals surface area contributed by atoms with Crippen molar-refractivity contribution in [2.45, 2.75) is 20.0 Å². The summed E-state index contributed by atoms with van der Waals surface area (Å²) in [5.41, 5.74) is 1.22. The molecule has 164 valence electrons. The van der Waals surface area contributed by atoms with Crippen LogP contribution >= 0.6 is 23.2 Å². The molecule has 1 heterocycles. The van der Waals surface area contributed by atoms with Gasteiger partial charge in [-0.1, -0.05) is 23.2 Å². The molecule has 1 aromatic heterocycles. The molecule has 0 aliphatic rings. The fourth-order valence-electron chi connectivity index (χ4n) is 3.20. The van der Waals surface area contributed by atoms with Crippen LogP contribution in [0.25, 0.3) is 11.8 Å². The summed E-state index contributed by atoms with van der Waals surface area (Å²) >= 11 is 12.0. The summed E-state index contributed by atoms with van der Waals surface area (Å²) in [6, 6.07) is 13.0. The molecule has 0 saturated heterocycles. The first-order valence-corrected chi connectivity index (χ1v) is 10.0. The van der Waals surface area contributed by atoms with Crippen molar-refractivity contribution in [2.24, 2.45) is 0 Å². The van der Waals surface area contributed by atoms with E-state index in [2.05, 4.69) is 5.32 Å². The molecule has 0 unspecified atom stereocenters. The van der Waals surface area contributed by atoms with Gasteiger partial charge in [-0.2, -0.15) is 18.4 Å². The molecular formula is C23H16Cl2F3N3O. The Kier molecular flexibility index (Phi) is 6.68. The number of anilines is 1.